The monoisotopic (exact) mass is 313 g/mol. The van der Waals surface area contributed by atoms with Crippen LogP contribution in [-0.2, 0) is 24.8 Å². The van der Waals surface area contributed by atoms with E-state index in [1.807, 2.05) is 25.1 Å². The molecule has 1 fully saturated rings. The second-order valence-electron chi connectivity index (χ2n) is 6.67. The Kier molecular flexibility index (Phi) is 5.13. The molecule has 1 aromatic heterocycles. The molecule has 0 saturated carbocycles. The van der Waals surface area contributed by atoms with Crippen LogP contribution in [0.25, 0.3) is 0 Å². The molecule has 1 aliphatic heterocycles. The van der Waals surface area contributed by atoms with Gasteiger partial charge in [-0.15, -0.1) is 0 Å². The summed E-state index contributed by atoms with van der Waals surface area (Å²) < 4.78 is 7.82. The lowest BCUT2D eigenvalue weighted by atomic mass is 9.92. The molecule has 4 heteroatoms. The number of nitrogens with zero attached hydrogens (tertiary/aromatic N) is 3. The number of hydrogen-bond donors (Lipinski definition) is 0. The van der Waals surface area contributed by atoms with E-state index in [0.29, 0.717) is 12.1 Å². The molecule has 0 radical (unpaired) electrons. The van der Waals surface area contributed by atoms with Gasteiger partial charge in [-0.3, -0.25) is 4.90 Å². The maximum atomic E-state index is 5.81. The molecule has 3 rings (SSSR count). The van der Waals surface area contributed by atoms with Crippen LogP contribution in [0.4, 0.5) is 0 Å². The van der Waals surface area contributed by atoms with Crippen LogP contribution in [0.2, 0.25) is 0 Å². The first-order chi connectivity index (χ1) is 11.2. The van der Waals surface area contributed by atoms with Crippen molar-refractivity contribution in [1.29, 1.82) is 0 Å². The molecule has 1 saturated heterocycles. The second kappa shape index (κ2) is 7.28. The Balaban J connectivity index is 1.76. The third-order valence-corrected chi connectivity index (χ3v) is 4.82. The van der Waals surface area contributed by atoms with Gasteiger partial charge in [0.05, 0.1) is 18.1 Å². The number of benzene rings is 1. The number of ether oxygens (including phenoxy) is 1. The van der Waals surface area contributed by atoms with E-state index in [1.165, 1.54) is 17.5 Å². The summed E-state index contributed by atoms with van der Waals surface area (Å²) in [6.07, 6.45) is 7.66. The molecule has 0 N–H and O–H groups in total. The molecule has 0 unspecified atom stereocenters. The van der Waals surface area contributed by atoms with Crippen LogP contribution in [0, 0.1) is 6.92 Å². The van der Waals surface area contributed by atoms with Crippen LogP contribution in [-0.4, -0.2) is 40.3 Å². The van der Waals surface area contributed by atoms with Gasteiger partial charge in [0.15, 0.2) is 0 Å². The molecule has 0 aliphatic carbocycles. The Morgan fingerprint density at radius 2 is 2.04 bits per heavy atom. The highest BCUT2D eigenvalue weighted by molar-refractivity contribution is 5.22. The Hall–Kier alpha value is -1.65. The number of imidazole rings is 1. The van der Waals surface area contributed by atoms with Gasteiger partial charge in [0, 0.05) is 32.9 Å². The number of likely N-dealkylation sites (tertiary alicyclic amines) is 1. The molecule has 2 aromatic rings. The summed E-state index contributed by atoms with van der Waals surface area (Å²) in [5.41, 5.74) is 3.83. The molecule has 0 amide bonds. The van der Waals surface area contributed by atoms with Crippen molar-refractivity contribution in [3.8, 4) is 0 Å². The quantitative estimate of drug-likeness (QED) is 0.850. The number of aryl methyl sites for hydroxylation is 2. The molecule has 2 heterocycles. The molecule has 23 heavy (non-hydrogen) atoms. The van der Waals surface area contributed by atoms with E-state index in [4.69, 9.17) is 4.74 Å². The van der Waals surface area contributed by atoms with Crippen LogP contribution in [0.1, 0.15) is 29.7 Å². The zero-order chi connectivity index (χ0) is 16.2. The van der Waals surface area contributed by atoms with E-state index in [-0.39, 0.29) is 0 Å². The fraction of sp³-hybridized carbons (Fsp3) is 0.526. The maximum absolute atomic E-state index is 5.81. The molecule has 1 aliphatic rings. The fourth-order valence-corrected chi connectivity index (χ4v) is 3.54. The number of rotatable bonds is 5. The van der Waals surface area contributed by atoms with Gasteiger partial charge in [-0.05, 0) is 38.3 Å². The number of hydrogen-bond acceptors (Lipinski definition) is 3. The average molecular weight is 313 g/mol. The first kappa shape index (κ1) is 16.2. The normalized spacial score (nSPS) is 22.4. The number of aromatic nitrogens is 2. The van der Waals surface area contributed by atoms with E-state index in [0.717, 1.165) is 31.6 Å². The summed E-state index contributed by atoms with van der Waals surface area (Å²) in [7, 11) is 3.87. The zero-order valence-corrected chi connectivity index (χ0v) is 14.4. The highest BCUT2D eigenvalue weighted by Gasteiger charge is 2.31. The Bertz CT molecular complexity index is 620. The summed E-state index contributed by atoms with van der Waals surface area (Å²) in [5, 5.41) is 0. The largest absolute Gasteiger partial charge is 0.380 e. The van der Waals surface area contributed by atoms with Crippen LogP contribution >= 0.6 is 0 Å². The van der Waals surface area contributed by atoms with Gasteiger partial charge in [-0.2, -0.15) is 0 Å². The Morgan fingerprint density at radius 3 is 2.70 bits per heavy atom. The molecule has 1 aromatic carbocycles. The van der Waals surface area contributed by atoms with Crippen LogP contribution in [0.3, 0.4) is 0 Å². The lowest BCUT2D eigenvalue weighted by Crippen LogP contribution is -2.49. The average Bonchev–Trinajstić information content (AvgIpc) is 2.96. The van der Waals surface area contributed by atoms with Crippen LogP contribution in [0.15, 0.2) is 36.8 Å². The van der Waals surface area contributed by atoms with Gasteiger partial charge >= 0.3 is 0 Å². The molecule has 2 atom stereocenters. The third-order valence-electron chi connectivity index (χ3n) is 4.82. The minimum Gasteiger partial charge on any atom is -0.380 e. The third kappa shape index (κ3) is 4.01. The topological polar surface area (TPSA) is 30.3 Å². The highest BCUT2D eigenvalue weighted by atomic mass is 16.5. The predicted molar refractivity (Wildman–Crippen MR) is 92.3 cm³/mol. The Labute approximate surface area is 139 Å². The van der Waals surface area contributed by atoms with E-state index in [9.17, 15) is 0 Å². The Morgan fingerprint density at radius 1 is 1.26 bits per heavy atom. The van der Waals surface area contributed by atoms with Crippen molar-refractivity contribution >= 4 is 0 Å². The first-order valence-electron chi connectivity index (χ1n) is 8.45. The van der Waals surface area contributed by atoms with Crippen molar-refractivity contribution < 1.29 is 4.74 Å². The highest BCUT2D eigenvalue weighted by Crippen LogP contribution is 2.25. The smallest absolute Gasteiger partial charge is 0.0947 e. The van der Waals surface area contributed by atoms with Gasteiger partial charge in [0.1, 0.15) is 0 Å². The standard InChI is InChI=1S/C19H27N3O/c1-15-6-8-16(9-7-15)11-18-19(23-3)5-4-10-22(18)13-17-12-21(2)14-20-17/h6-9,12,14,18-19H,4-5,10-11,13H2,1-3H3/t18-,19-/m0/s1. The van der Waals surface area contributed by atoms with Gasteiger partial charge < -0.3 is 9.30 Å². The van der Waals surface area contributed by atoms with E-state index in [1.54, 1.807) is 0 Å². The fourth-order valence-electron chi connectivity index (χ4n) is 3.54. The van der Waals surface area contributed by atoms with Gasteiger partial charge in [0.2, 0.25) is 0 Å². The maximum Gasteiger partial charge on any atom is 0.0947 e. The minimum absolute atomic E-state index is 0.300. The molecular weight excluding hydrogens is 286 g/mol. The summed E-state index contributed by atoms with van der Waals surface area (Å²) >= 11 is 0. The molecule has 4 nitrogen and oxygen atoms in total. The van der Waals surface area contributed by atoms with Crippen LogP contribution in [0.5, 0.6) is 0 Å². The molecule has 0 bridgehead atoms. The van der Waals surface area contributed by atoms with Crippen molar-refractivity contribution in [1.82, 2.24) is 14.5 Å². The summed E-state index contributed by atoms with van der Waals surface area (Å²) in [4.78, 5) is 7.04. The minimum atomic E-state index is 0.300. The van der Waals surface area contributed by atoms with Crippen molar-refractivity contribution in [3.63, 3.8) is 0 Å². The lowest BCUT2D eigenvalue weighted by Gasteiger charge is -2.40. The van der Waals surface area contributed by atoms with Gasteiger partial charge in [-0.25, -0.2) is 4.98 Å². The SMILES string of the molecule is CO[C@H]1CCCN(Cc2cn(C)cn2)[C@H]1Cc1ccc(C)cc1. The van der Waals surface area contributed by atoms with Gasteiger partial charge in [-0.1, -0.05) is 29.8 Å². The number of piperidine rings is 1. The van der Waals surface area contributed by atoms with E-state index >= 15 is 0 Å². The molecular formula is C19H27N3O. The summed E-state index contributed by atoms with van der Waals surface area (Å²) in [5.74, 6) is 0. The molecule has 0 spiro atoms. The first-order valence-corrected chi connectivity index (χ1v) is 8.45. The van der Waals surface area contributed by atoms with Crippen molar-refractivity contribution in [2.75, 3.05) is 13.7 Å². The number of methoxy groups -OCH3 is 1. The molecule has 124 valence electrons. The summed E-state index contributed by atoms with van der Waals surface area (Å²) in [6.45, 7) is 4.15. The zero-order valence-electron chi connectivity index (χ0n) is 14.4. The van der Waals surface area contributed by atoms with Crippen molar-refractivity contribution in [2.45, 2.75) is 44.9 Å². The van der Waals surface area contributed by atoms with Crippen LogP contribution < -0.4 is 0 Å². The van der Waals surface area contributed by atoms with Gasteiger partial charge in [0.25, 0.3) is 0 Å². The van der Waals surface area contributed by atoms with E-state index < -0.39 is 0 Å². The van der Waals surface area contributed by atoms with Crippen molar-refractivity contribution in [2.24, 2.45) is 7.05 Å². The van der Waals surface area contributed by atoms with Crippen molar-refractivity contribution in [3.05, 3.63) is 53.6 Å². The van der Waals surface area contributed by atoms with E-state index in [2.05, 4.69) is 47.3 Å². The second-order valence-corrected chi connectivity index (χ2v) is 6.67. The predicted octanol–water partition coefficient (Wildman–Crippen LogP) is 2.95. The lowest BCUT2D eigenvalue weighted by molar-refractivity contribution is -0.0222. The summed E-state index contributed by atoms with van der Waals surface area (Å²) in [6, 6.07) is 9.30.